The van der Waals surface area contributed by atoms with E-state index in [9.17, 15) is 9.59 Å². The van der Waals surface area contributed by atoms with Crippen molar-refractivity contribution in [2.24, 2.45) is 0 Å². The Kier molecular flexibility index (Phi) is 4.54. The second-order valence-corrected chi connectivity index (χ2v) is 4.71. The maximum atomic E-state index is 11.6. The summed E-state index contributed by atoms with van der Waals surface area (Å²) in [5.41, 5.74) is -0.882. The molecule has 1 aromatic heterocycles. The van der Waals surface area contributed by atoms with E-state index in [1.54, 1.807) is 6.92 Å². The van der Waals surface area contributed by atoms with Crippen molar-refractivity contribution in [2.75, 3.05) is 0 Å². The van der Waals surface area contributed by atoms with Crippen LogP contribution in [0.3, 0.4) is 0 Å². The van der Waals surface area contributed by atoms with Gasteiger partial charge >= 0.3 is 12.0 Å². The molecule has 0 saturated heterocycles. The largest absolute Gasteiger partial charge is 0.480 e. The molecule has 0 bridgehead atoms. The van der Waals surface area contributed by atoms with Gasteiger partial charge < -0.3 is 15.7 Å². The number of aliphatic carboxylic acids is 1. The van der Waals surface area contributed by atoms with Gasteiger partial charge in [-0.3, -0.25) is 0 Å². The van der Waals surface area contributed by atoms with Gasteiger partial charge in [0.25, 0.3) is 0 Å². The number of aromatic nitrogens is 3. The van der Waals surface area contributed by atoms with Crippen molar-refractivity contribution in [3.8, 4) is 0 Å². The van der Waals surface area contributed by atoms with Crippen molar-refractivity contribution >= 4 is 30.3 Å². The normalized spacial score (nSPS) is 12.6. The first-order chi connectivity index (χ1) is 8.74. The van der Waals surface area contributed by atoms with E-state index in [1.165, 1.54) is 31.0 Å². The van der Waals surface area contributed by atoms with Crippen molar-refractivity contribution in [1.82, 2.24) is 25.6 Å². The minimum Gasteiger partial charge on any atom is -0.480 e. The molecule has 0 atom stereocenters. The smallest absolute Gasteiger partial charge is 0.328 e. The topological polar surface area (TPSA) is 109 Å². The Morgan fingerprint density at radius 1 is 1.32 bits per heavy atom. The number of nitrogens with zero attached hydrogens (tertiary/aromatic N) is 3. The average molecular weight is 285 g/mol. The number of allylic oxidation sites excluding steroid dienone is 1. The zero-order valence-corrected chi connectivity index (χ0v) is 11.6. The maximum Gasteiger partial charge on any atom is 0.328 e. The van der Waals surface area contributed by atoms with Gasteiger partial charge in [-0.2, -0.15) is 15.0 Å². The summed E-state index contributed by atoms with van der Waals surface area (Å²) in [6, 6.07) is -0.677. The Morgan fingerprint density at radius 2 is 1.84 bits per heavy atom. The molecule has 2 amide bonds. The van der Waals surface area contributed by atoms with Crippen LogP contribution in [0.2, 0.25) is 0 Å². The molecule has 0 aromatic carbocycles. The summed E-state index contributed by atoms with van der Waals surface area (Å²) in [4.78, 5) is 23.8. The minimum atomic E-state index is -1.38. The fourth-order valence-electron chi connectivity index (χ4n) is 1.05. The molecule has 0 radical (unpaired) electrons. The van der Waals surface area contributed by atoms with Gasteiger partial charge in [0, 0.05) is 0 Å². The number of carboxylic acids is 1. The summed E-state index contributed by atoms with van der Waals surface area (Å²) in [5, 5.41) is 21.6. The number of nitrogens with one attached hydrogen (secondary N) is 2. The van der Waals surface area contributed by atoms with Crippen molar-refractivity contribution in [3.63, 3.8) is 0 Å². The van der Waals surface area contributed by atoms with Crippen LogP contribution in [0.4, 0.5) is 4.79 Å². The Labute approximate surface area is 115 Å². The highest BCUT2D eigenvalue weighted by Crippen LogP contribution is 2.09. The number of carboxylic acid groups (broad SMARTS) is 1. The zero-order chi connectivity index (χ0) is 14.6. The zero-order valence-electron chi connectivity index (χ0n) is 10.7. The molecule has 0 aliphatic rings. The summed E-state index contributed by atoms with van der Waals surface area (Å²) in [5.74, 6) is -1.14. The van der Waals surface area contributed by atoms with E-state index in [0.717, 1.165) is 0 Å². The van der Waals surface area contributed by atoms with E-state index in [2.05, 4.69) is 33.5 Å². The molecule has 0 aliphatic carbocycles. The molecule has 0 unspecified atom stereocenters. The first kappa shape index (κ1) is 15.0. The van der Waals surface area contributed by atoms with Crippen LogP contribution in [0.25, 0.3) is 5.70 Å². The van der Waals surface area contributed by atoms with Crippen LogP contribution in [-0.2, 0) is 4.79 Å². The lowest BCUT2D eigenvalue weighted by molar-refractivity contribution is -0.142. The number of rotatable bonds is 4. The second kappa shape index (κ2) is 5.74. The van der Waals surface area contributed by atoms with Gasteiger partial charge in [-0.1, -0.05) is 0 Å². The lowest BCUT2D eigenvalue weighted by Crippen LogP contribution is -2.52. The van der Waals surface area contributed by atoms with E-state index in [0.29, 0.717) is 5.70 Å². The highest BCUT2D eigenvalue weighted by atomic mass is 32.1. The fraction of sp³-hybridized carbons (Fsp3) is 0.400. The molecule has 3 N–H and O–H groups in total. The van der Waals surface area contributed by atoms with Gasteiger partial charge in [0.15, 0.2) is 0 Å². The monoisotopic (exact) mass is 285 g/mol. The Bertz CT molecular complexity index is 509. The molecule has 104 valence electrons. The third kappa shape index (κ3) is 3.98. The van der Waals surface area contributed by atoms with Gasteiger partial charge in [-0.05, 0) is 20.8 Å². The number of hydrogen-bond donors (Lipinski definition) is 4. The van der Waals surface area contributed by atoms with Gasteiger partial charge in [0.05, 0.1) is 23.1 Å². The SMILES string of the molecule is C/C(=C(/S)NC(=O)NC(C)(C)C(=O)O)n1nccn1. The summed E-state index contributed by atoms with van der Waals surface area (Å²) in [7, 11) is 0. The molecule has 1 heterocycles. The molecular formula is C10H15N5O3S. The number of urea groups is 1. The third-order valence-electron chi connectivity index (χ3n) is 2.25. The summed E-state index contributed by atoms with van der Waals surface area (Å²) in [6.07, 6.45) is 2.97. The number of amides is 2. The third-order valence-corrected chi connectivity index (χ3v) is 2.69. The van der Waals surface area contributed by atoms with Crippen LogP contribution in [0.1, 0.15) is 20.8 Å². The number of carbonyl (C=O) groups is 2. The van der Waals surface area contributed by atoms with Crippen molar-refractivity contribution < 1.29 is 14.7 Å². The van der Waals surface area contributed by atoms with E-state index in [4.69, 9.17) is 5.11 Å². The average Bonchev–Trinajstić information content (AvgIpc) is 2.79. The number of hydrogen-bond acceptors (Lipinski definition) is 5. The standard InChI is InChI=1S/C10H15N5O3S/c1-6(15-11-4-5-12-15)7(19)13-9(18)14-10(2,3)8(16)17/h4-5,19H,1-3H3,(H,16,17)(H2,13,14,18)/b7-6-. The van der Waals surface area contributed by atoms with Crippen LogP contribution in [-0.4, -0.2) is 37.6 Å². The van der Waals surface area contributed by atoms with Crippen molar-refractivity contribution in [1.29, 1.82) is 0 Å². The highest BCUT2D eigenvalue weighted by molar-refractivity contribution is 7.84. The first-order valence-electron chi connectivity index (χ1n) is 5.33. The maximum absolute atomic E-state index is 11.6. The predicted molar refractivity (Wildman–Crippen MR) is 71.3 cm³/mol. The molecule has 0 fully saturated rings. The van der Waals surface area contributed by atoms with Crippen LogP contribution < -0.4 is 10.6 Å². The Morgan fingerprint density at radius 3 is 2.32 bits per heavy atom. The summed E-state index contributed by atoms with van der Waals surface area (Å²) in [6.45, 7) is 4.41. The lowest BCUT2D eigenvalue weighted by atomic mass is 10.1. The fourth-order valence-corrected chi connectivity index (χ4v) is 1.24. The Hall–Kier alpha value is -2.03. The quantitative estimate of drug-likeness (QED) is 0.603. The molecular weight excluding hydrogens is 270 g/mol. The van der Waals surface area contributed by atoms with Gasteiger partial charge in [0.1, 0.15) is 5.54 Å². The lowest BCUT2D eigenvalue weighted by Gasteiger charge is -2.21. The van der Waals surface area contributed by atoms with Crippen molar-refractivity contribution in [3.05, 3.63) is 17.4 Å². The highest BCUT2D eigenvalue weighted by Gasteiger charge is 2.29. The van der Waals surface area contributed by atoms with Crippen LogP contribution >= 0.6 is 12.6 Å². The van der Waals surface area contributed by atoms with Crippen molar-refractivity contribution in [2.45, 2.75) is 26.3 Å². The summed E-state index contributed by atoms with van der Waals surface area (Å²) >= 11 is 4.11. The van der Waals surface area contributed by atoms with Crippen LogP contribution in [0, 0.1) is 0 Å². The molecule has 8 nitrogen and oxygen atoms in total. The molecule has 0 aliphatic heterocycles. The van der Waals surface area contributed by atoms with Crippen LogP contribution in [0.15, 0.2) is 17.4 Å². The molecule has 9 heteroatoms. The van der Waals surface area contributed by atoms with E-state index in [1.807, 2.05) is 0 Å². The second-order valence-electron chi connectivity index (χ2n) is 4.26. The van der Waals surface area contributed by atoms with Crippen LogP contribution in [0.5, 0.6) is 0 Å². The van der Waals surface area contributed by atoms with E-state index in [-0.39, 0.29) is 5.03 Å². The summed E-state index contributed by atoms with van der Waals surface area (Å²) < 4.78 is 0. The molecule has 0 spiro atoms. The van der Waals surface area contributed by atoms with E-state index < -0.39 is 17.5 Å². The van der Waals surface area contributed by atoms with Gasteiger partial charge in [-0.15, -0.1) is 12.6 Å². The Balaban J connectivity index is 2.72. The predicted octanol–water partition coefficient (Wildman–Crippen LogP) is 0.516. The molecule has 1 aromatic rings. The minimum absolute atomic E-state index is 0.217. The van der Waals surface area contributed by atoms with Gasteiger partial charge in [-0.25, -0.2) is 9.59 Å². The first-order valence-corrected chi connectivity index (χ1v) is 5.78. The molecule has 1 rings (SSSR count). The number of thiol groups is 1. The van der Waals surface area contributed by atoms with E-state index >= 15 is 0 Å². The molecule has 19 heavy (non-hydrogen) atoms. The molecule has 0 saturated carbocycles. The van der Waals surface area contributed by atoms with Gasteiger partial charge in [0.2, 0.25) is 0 Å². The number of carbonyl (C=O) groups excluding carboxylic acids is 1.